The summed E-state index contributed by atoms with van der Waals surface area (Å²) >= 11 is 0. The highest BCUT2D eigenvalue weighted by Crippen LogP contribution is 2.15. The van der Waals surface area contributed by atoms with Gasteiger partial charge in [0.2, 0.25) is 0 Å². The average Bonchev–Trinajstić information content (AvgIpc) is 2.70. The Labute approximate surface area is 154 Å². The van der Waals surface area contributed by atoms with Gasteiger partial charge in [-0.1, -0.05) is 19.1 Å². The first kappa shape index (κ1) is 19.5. The third kappa shape index (κ3) is 5.34. The van der Waals surface area contributed by atoms with Crippen LogP contribution in [0.1, 0.15) is 36.2 Å². The molecule has 0 N–H and O–H groups in total. The summed E-state index contributed by atoms with van der Waals surface area (Å²) in [6.07, 6.45) is 0.468. The Hall–Kier alpha value is -2.82. The minimum atomic E-state index is -0.0861. The molecule has 0 aromatic heterocycles. The van der Waals surface area contributed by atoms with Gasteiger partial charge < -0.3 is 14.4 Å². The number of hydrogen-bond acceptors (Lipinski definition) is 4. The molecule has 0 spiro atoms. The molecule has 0 bridgehead atoms. The molecule has 0 atom stereocenters. The highest BCUT2D eigenvalue weighted by atomic mass is 16.5. The van der Waals surface area contributed by atoms with Crippen LogP contribution >= 0.6 is 0 Å². The standard InChI is InChI=1S/C21H25NO4/c1-4-20(23)17-8-12-19(13-9-17)26-15-21(24)22(5-2)14-16-6-10-18(25-3)11-7-16/h6-13H,4-5,14-15H2,1-3H3. The SMILES string of the molecule is CCC(=O)c1ccc(OCC(=O)N(CC)Cc2ccc(OC)cc2)cc1. The lowest BCUT2D eigenvalue weighted by molar-refractivity contribution is -0.133. The molecule has 0 aliphatic rings. The van der Waals surface area contributed by atoms with Crippen molar-refractivity contribution in [2.75, 3.05) is 20.3 Å². The second-order valence-electron chi connectivity index (χ2n) is 5.85. The van der Waals surface area contributed by atoms with Crippen molar-refractivity contribution >= 4 is 11.7 Å². The summed E-state index contributed by atoms with van der Waals surface area (Å²) in [5, 5.41) is 0. The van der Waals surface area contributed by atoms with Gasteiger partial charge in [-0.15, -0.1) is 0 Å². The molecule has 5 nitrogen and oxygen atoms in total. The van der Waals surface area contributed by atoms with Gasteiger partial charge in [0.1, 0.15) is 11.5 Å². The molecule has 2 rings (SSSR count). The van der Waals surface area contributed by atoms with Gasteiger partial charge in [0.15, 0.2) is 12.4 Å². The molecule has 1 amide bonds. The molecule has 0 unspecified atom stereocenters. The molecular weight excluding hydrogens is 330 g/mol. The number of carbonyl (C=O) groups is 2. The van der Waals surface area contributed by atoms with Crippen LogP contribution in [0.4, 0.5) is 0 Å². The van der Waals surface area contributed by atoms with E-state index in [0.29, 0.717) is 30.8 Å². The zero-order chi connectivity index (χ0) is 18.9. The maximum absolute atomic E-state index is 12.4. The van der Waals surface area contributed by atoms with Gasteiger partial charge in [-0.05, 0) is 48.9 Å². The molecule has 2 aromatic carbocycles. The van der Waals surface area contributed by atoms with Crippen LogP contribution in [0, 0.1) is 0 Å². The van der Waals surface area contributed by atoms with Crippen LogP contribution in [0.3, 0.4) is 0 Å². The van der Waals surface area contributed by atoms with E-state index in [1.165, 1.54) is 0 Å². The van der Waals surface area contributed by atoms with Gasteiger partial charge in [-0.2, -0.15) is 0 Å². The van der Waals surface area contributed by atoms with Crippen molar-refractivity contribution in [3.8, 4) is 11.5 Å². The van der Waals surface area contributed by atoms with E-state index in [9.17, 15) is 9.59 Å². The van der Waals surface area contributed by atoms with Gasteiger partial charge in [0.25, 0.3) is 5.91 Å². The lowest BCUT2D eigenvalue weighted by atomic mass is 10.1. The summed E-state index contributed by atoms with van der Waals surface area (Å²) < 4.78 is 10.7. The van der Waals surface area contributed by atoms with Gasteiger partial charge in [-0.3, -0.25) is 9.59 Å². The van der Waals surface area contributed by atoms with E-state index in [-0.39, 0.29) is 18.3 Å². The first-order chi connectivity index (χ1) is 12.6. The molecule has 0 saturated carbocycles. The van der Waals surface area contributed by atoms with Crippen molar-refractivity contribution in [1.82, 2.24) is 4.90 Å². The third-order valence-corrected chi connectivity index (χ3v) is 4.13. The van der Waals surface area contributed by atoms with Crippen molar-refractivity contribution in [2.45, 2.75) is 26.8 Å². The van der Waals surface area contributed by atoms with E-state index in [4.69, 9.17) is 9.47 Å². The van der Waals surface area contributed by atoms with Crippen LogP contribution in [-0.4, -0.2) is 36.9 Å². The number of ketones is 1. The maximum Gasteiger partial charge on any atom is 0.260 e. The lowest BCUT2D eigenvalue weighted by Crippen LogP contribution is -2.34. The number of benzene rings is 2. The van der Waals surface area contributed by atoms with E-state index in [0.717, 1.165) is 11.3 Å². The highest BCUT2D eigenvalue weighted by molar-refractivity contribution is 5.95. The quantitative estimate of drug-likeness (QED) is 0.644. The Morgan fingerprint density at radius 1 is 0.923 bits per heavy atom. The number of carbonyl (C=O) groups excluding carboxylic acids is 2. The van der Waals surface area contributed by atoms with Crippen molar-refractivity contribution in [3.05, 3.63) is 59.7 Å². The van der Waals surface area contributed by atoms with Gasteiger partial charge in [0, 0.05) is 25.1 Å². The number of hydrogen-bond donors (Lipinski definition) is 0. The molecule has 0 saturated heterocycles. The largest absolute Gasteiger partial charge is 0.497 e. The third-order valence-electron chi connectivity index (χ3n) is 4.13. The fraction of sp³-hybridized carbons (Fsp3) is 0.333. The van der Waals surface area contributed by atoms with Gasteiger partial charge >= 0.3 is 0 Å². The Morgan fingerprint density at radius 2 is 1.54 bits per heavy atom. The van der Waals surface area contributed by atoms with E-state index in [1.54, 1.807) is 36.3 Å². The van der Waals surface area contributed by atoms with Crippen molar-refractivity contribution < 1.29 is 19.1 Å². The molecule has 5 heteroatoms. The van der Waals surface area contributed by atoms with Crippen LogP contribution in [0.5, 0.6) is 11.5 Å². The summed E-state index contributed by atoms with van der Waals surface area (Å²) in [4.78, 5) is 25.8. The molecule has 0 fully saturated rings. The highest BCUT2D eigenvalue weighted by Gasteiger charge is 2.13. The minimum Gasteiger partial charge on any atom is -0.497 e. The van der Waals surface area contributed by atoms with Crippen molar-refractivity contribution in [2.24, 2.45) is 0 Å². The van der Waals surface area contributed by atoms with Gasteiger partial charge in [0.05, 0.1) is 7.11 Å². The lowest BCUT2D eigenvalue weighted by Gasteiger charge is -2.21. The number of ether oxygens (including phenoxy) is 2. The molecule has 26 heavy (non-hydrogen) atoms. The number of amides is 1. The Balaban J connectivity index is 1.90. The molecule has 0 heterocycles. The zero-order valence-electron chi connectivity index (χ0n) is 15.5. The molecule has 138 valence electrons. The smallest absolute Gasteiger partial charge is 0.260 e. The molecule has 0 aliphatic heterocycles. The number of likely N-dealkylation sites (N-methyl/N-ethyl adjacent to an activating group) is 1. The predicted octanol–water partition coefficient (Wildman–Crippen LogP) is 3.72. The summed E-state index contributed by atoms with van der Waals surface area (Å²) in [6.45, 7) is 4.84. The first-order valence-corrected chi connectivity index (χ1v) is 8.74. The van der Waals surface area contributed by atoms with E-state index in [2.05, 4.69) is 0 Å². The molecule has 2 aromatic rings. The zero-order valence-corrected chi connectivity index (χ0v) is 15.5. The Bertz CT molecular complexity index is 723. The number of Topliss-reactive ketones (excluding diaryl/α,β-unsaturated/α-hetero) is 1. The van der Waals surface area contributed by atoms with Crippen LogP contribution in [-0.2, 0) is 11.3 Å². The summed E-state index contributed by atoms with van der Waals surface area (Å²) in [5.74, 6) is 1.37. The van der Waals surface area contributed by atoms with Gasteiger partial charge in [-0.25, -0.2) is 0 Å². The molecule has 0 aliphatic carbocycles. The van der Waals surface area contributed by atoms with Crippen LogP contribution in [0.25, 0.3) is 0 Å². The predicted molar refractivity (Wildman–Crippen MR) is 101 cm³/mol. The van der Waals surface area contributed by atoms with E-state index >= 15 is 0 Å². The van der Waals surface area contributed by atoms with Crippen molar-refractivity contribution in [1.29, 1.82) is 0 Å². The number of rotatable bonds is 9. The molecule has 0 radical (unpaired) electrons. The van der Waals surface area contributed by atoms with Crippen LogP contribution in [0.15, 0.2) is 48.5 Å². The maximum atomic E-state index is 12.4. The fourth-order valence-electron chi connectivity index (χ4n) is 2.51. The van der Waals surface area contributed by atoms with Crippen LogP contribution in [0.2, 0.25) is 0 Å². The number of nitrogens with zero attached hydrogens (tertiary/aromatic N) is 1. The fourth-order valence-corrected chi connectivity index (χ4v) is 2.51. The average molecular weight is 355 g/mol. The Kier molecular flexibility index (Phi) is 7.21. The topological polar surface area (TPSA) is 55.8 Å². The van der Waals surface area contributed by atoms with Crippen LogP contribution < -0.4 is 9.47 Å². The monoisotopic (exact) mass is 355 g/mol. The summed E-state index contributed by atoms with van der Waals surface area (Å²) in [5.41, 5.74) is 1.68. The molecular formula is C21H25NO4. The first-order valence-electron chi connectivity index (χ1n) is 8.74. The minimum absolute atomic E-state index is 0.0366. The van der Waals surface area contributed by atoms with E-state index < -0.39 is 0 Å². The Morgan fingerprint density at radius 3 is 2.08 bits per heavy atom. The second-order valence-corrected chi connectivity index (χ2v) is 5.85. The summed E-state index contributed by atoms with van der Waals surface area (Å²) in [6, 6.07) is 14.5. The normalized spacial score (nSPS) is 10.3. The second kappa shape index (κ2) is 9.61. The number of methoxy groups -OCH3 is 1. The summed E-state index contributed by atoms with van der Waals surface area (Å²) in [7, 11) is 1.62. The van der Waals surface area contributed by atoms with E-state index in [1.807, 2.05) is 38.1 Å². The van der Waals surface area contributed by atoms with Crippen molar-refractivity contribution in [3.63, 3.8) is 0 Å².